The quantitative estimate of drug-likeness (QED) is 0.678. The van der Waals surface area contributed by atoms with E-state index in [1.54, 1.807) is 12.1 Å². The predicted molar refractivity (Wildman–Crippen MR) is 106 cm³/mol. The summed E-state index contributed by atoms with van der Waals surface area (Å²) in [5.41, 5.74) is 7.00. The van der Waals surface area contributed by atoms with Crippen LogP contribution in [0, 0.1) is 24.0 Å². The van der Waals surface area contributed by atoms with Crippen LogP contribution in [0.25, 0.3) is 16.6 Å². The number of imidazole rings is 1. The number of fused-ring (bicyclic) bond motifs is 1. The van der Waals surface area contributed by atoms with Crippen LogP contribution in [0.4, 0.5) is 14.7 Å². The number of benzene rings is 2. The minimum Gasteiger partial charge on any atom is -0.368 e. The van der Waals surface area contributed by atoms with Crippen LogP contribution in [-0.2, 0) is 10.0 Å². The highest BCUT2D eigenvalue weighted by Crippen LogP contribution is 2.30. The summed E-state index contributed by atoms with van der Waals surface area (Å²) in [6.07, 6.45) is 6.66. The summed E-state index contributed by atoms with van der Waals surface area (Å²) in [5, 5.41) is -0.739. The number of halogens is 2. The lowest BCUT2D eigenvalue weighted by molar-refractivity contribution is 0.580. The molecule has 0 bridgehead atoms. The van der Waals surface area contributed by atoms with Crippen molar-refractivity contribution in [1.29, 1.82) is 0 Å². The summed E-state index contributed by atoms with van der Waals surface area (Å²) < 4.78 is 54.3. The minimum atomic E-state index is -3.79. The molecule has 8 heteroatoms. The third-order valence-electron chi connectivity index (χ3n) is 4.24. The zero-order valence-electron chi connectivity index (χ0n) is 15.1. The highest BCUT2D eigenvalue weighted by molar-refractivity contribution is 7.90. The molecule has 0 unspecified atom stereocenters. The van der Waals surface area contributed by atoms with Crippen LogP contribution < -0.4 is 5.73 Å². The van der Waals surface area contributed by atoms with E-state index in [0.717, 1.165) is 22.2 Å². The van der Waals surface area contributed by atoms with E-state index in [9.17, 15) is 17.2 Å². The maximum atomic E-state index is 14.3. The Kier molecular flexibility index (Phi) is 4.96. The summed E-state index contributed by atoms with van der Waals surface area (Å²) in [7, 11) is -3.79. The topological polar surface area (TPSA) is 78.0 Å². The van der Waals surface area contributed by atoms with Gasteiger partial charge in [-0.2, -0.15) is 0 Å². The molecular formula is C20H17F2N3O2S. The average Bonchev–Trinajstić information content (AvgIpc) is 2.97. The smallest absolute Gasteiger partial charge is 0.244 e. The van der Waals surface area contributed by atoms with E-state index >= 15 is 0 Å². The van der Waals surface area contributed by atoms with Gasteiger partial charge in [-0.3, -0.25) is 0 Å². The van der Waals surface area contributed by atoms with Gasteiger partial charge in [-0.05, 0) is 55.8 Å². The number of nitrogens with two attached hydrogens (primary N) is 1. The van der Waals surface area contributed by atoms with Crippen LogP contribution in [0.15, 0.2) is 42.5 Å². The summed E-state index contributed by atoms with van der Waals surface area (Å²) in [6.45, 7) is 3.05. The Morgan fingerprint density at radius 3 is 2.61 bits per heavy atom. The van der Waals surface area contributed by atoms with E-state index in [-0.39, 0.29) is 22.6 Å². The van der Waals surface area contributed by atoms with Gasteiger partial charge in [-0.1, -0.05) is 12.0 Å². The molecular weight excluding hydrogens is 384 g/mol. The molecule has 0 saturated carbocycles. The van der Waals surface area contributed by atoms with Crippen LogP contribution in [0.5, 0.6) is 0 Å². The Bertz CT molecular complexity index is 1250. The van der Waals surface area contributed by atoms with E-state index < -0.39 is 26.9 Å². The van der Waals surface area contributed by atoms with Crippen molar-refractivity contribution in [1.82, 2.24) is 8.96 Å². The van der Waals surface area contributed by atoms with Crippen LogP contribution in [0.2, 0.25) is 0 Å². The number of aromatic nitrogens is 2. The first-order valence-corrected chi connectivity index (χ1v) is 9.81. The fourth-order valence-electron chi connectivity index (χ4n) is 2.82. The third kappa shape index (κ3) is 3.25. The van der Waals surface area contributed by atoms with Gasteiger partial charge in [0.15, 0.2) is 0 Å². The number of hydrogen-bond donors (Lipinski definition) is 1. The van der Waals surface area contributed by atoms with E-state index in [1.165, 1.54) is 26.0 Å². The van der Waals surface area contributed by atoms with Crippen molar-refractivity contribution in [2.75, 3.05) is 5.73 Å². The van der Waals surface area contributed by atoms with Gasteiger partial charge in [-0.25, -0.2) is 26.2 Å². The fourth-order valence-corrected chi connectivity index (χ4v) is 3.97. The normalized spacial score (nSPS) is 12.5. The number of nitrogen functional groups attached to an aromatic ring is 1. The average molecular weight is 401 g/mol. The second-order valence-corrected chi connectivity index (χ2v) is 8.72. The number of anilines is 1. The first-order valence-electron chi connectivity index (χ1n) is 8.31. The van der Waals surface area contributed by atoms with Crippen molar-refractivity contribution >= 4 is 32.6 Å². The van der Waals surface area contributed by atoms with Crippen LogP contribution >= 0.6 is 0 Å². The highest BCUT2D eigenvalue weighted by atomic mass is 32.2. The molecule has 2 N–H and O–H groups in total. The third-order valence-corrected chi connectivity index (χ3v) is 6.33. The zero-order chi connectivity index (χ0) is 20.6. The largest absolute Gasteiger partial charge is 0.368 e. The van der Waals surface area contributed by atoms with Crippen molar-refractivity contribution in [3.8, 4) is 12.3 Å². The lowest BCUT2D eigenvalue weighted by atomic mass is 9.96. The zero-order valence-corrected chi connectivity index (χ0v) is 16.0. The lowest BCUT2D eigenvalue weighted by Crippen LogP contribution is -2.23. The first kappa shape index (κ1) is 19.6. The molecule has 0 fully saturated rings. The van der Waals surface area contributed by atoms with E-state index in [4.69, 9.17) is 12.2 Å². The van der Waals surface area contributed by atoms with Crippen LogP contribution in [0.3, 0.4) is 0 Å². The Hall–Kier alpha value is -3.18. The molecule has 0 amide bonds. The molecule has 28 heavy (non-hydrogen) atoms. The molecule has 5 nitrogen and oxygen atoms in total. The van der Waals surface area contributed by atoms with Crippen LogP contribution in [0.1, 0.15) is 25.0 Å². The summed E-state index contributed by atoms with van der Waals surface area (Å²) in [5.74, 6) is 0.842. The number of hydrogen-bond acceptors (Lipinski definition) is 4. The number of allylic oxidation sites excluding steroid dienone is 1. The van der Waals surface area contributed by atoms with Crippen molar-refractivity contribution in [2.45, 2.75) is 19.1 Å². The Labute approximate surface area is 161 Å². The van der Waals surface area contributed by atoms with Gasteiger partial charge in [0.05, 0.1) is 16.3 Å². The molecule has 0 saturated heterocycles. The van der Waals surface area contributed by atoms with Gasteiger partial charge >= 0.3 is 0 Å². The Morgan fingerprint density at radius 1 is 1.25 bits per heavy atom. The van der Waals surface area contributed by atoms with Gasteiger partial charge < -0.3 is 5.73 Å². The first-order chi connectivity index (χ1) is 13.2. The van der Waals surface area contributed by atoms with Crippen molar-refractivity contribution in [3.63, 3.8) is 0 Å². The van der Waals surface area contributed by atoms with Gasteiger partial charge in [-0.15, -0.1) is 6.42 Å². The molecule has 3 aromatic rings. The summed E-state index contributed by atoms with van der Waals surface area (Å²) in [4.78, 5) is 4.08. The maximum Gasteiger partial charge on any atom is 0.244 e. The monoisotopic (exact) mass is 401 g/mol. The van der Waals surface area contributed by atoms with Crippen molar-refractivity contribution < 1.29 is 17.2 Å². The molecule has 1 aromatic heterocycles. The van der Waals surface area contributed by atoms with Gasteiger partial charge in [0.1, 0.15) is 11.6 Å². The summed E-state index contributed by atoms with van der Waals surface area (Å²) in [6, 6.07) is 7.66. The van der Waals surface area contributed by atoms with Gasteiger partial charge in [0.25, 0.3) is 0 Å². The minimum absolute atomic E-state index is 0.0388. The van der Waals surface area contributed by atoms with Crippen LogP contribution in [-0.4, -0.2) is 22.6 Å². The molecule has 3 rings (SSSR count). The Balaban J connectivity index is 2.30. The highest BCUT2D eigenvalue weighted by Gasteiger charge is 2.25. The van der Waals surface area contributed by atoms with E-state index in [1.807, 2.05) is 0 Å². The fraction of sp³-hybridized carbons (Fsp3) is 0.150. The second kappa shape index (κ2) is 7.09. The van der Waals surface area contributed by atoms with Gasteiger partial charge in [0, 0.05) is 11.1 Å². The standard InChI is InChI=1S/C20H17F2N3O2S/c1-4-5-15(16-11-14(21)7-8-17(16)22)13-6-9-18-19(10-13)25(20(23)24-18)28(26,27)12(2)3/h1,5-12H,2-3H3,(H2,23,24)/b15-5-. The molecule has 2 aromatic carbocycles. The molecule has 144 valence electrons. The SMILES string of the molecule is C#C/C=C(/c1ccc2nc(N)n(S(=O)(=O)C(C)C)c2c1)c1cc(F)ccc1F. The second-order valence-electron chi connectivity index (χ2n) is 6.38. The maximum absolute atomic E-state index is 14.3. The molecule has 0 atom stereocenters. The van der Waals surface area contributed by atoms with E-state index in [2.05, 4.69) is 10.9 Å². The predicted octanol–water partition coefficient (Wildman–Crippen LogP) is 3.55. The summed E-state index contributed by atoms with van der Waals surface area (Å²) >= 11 is 0. The van der Waals surface area contributed by atoms with E-state index in [0.29, 0.717) is 11.1 Å². The molecule has 0 aliphatic rings. The molecule has 0 aliphatic carbocycles. The van der Waals surface area contributed by atoms with Crippen molar-refractivity contribution in [2.24, 2.45) is 0 Å². The number of terminal acetylenes is 1. The molecule has 0 radical (unpaired) electrons. The van der Waals surface area contributed by atoms with Gasteiger partial charge in [0.2, 0.25) is 16.0 Å². The number of nitrogens with zero attached hydrogens (tertiary/aromatic N) is 2. The number of rotatable bonds is 4. The van der Waals surface area contributed by atoms with Crippen molar-refractivity contribution in [3.05, 3.63) is 65.2 Å². The molecule has 0 aliphatic heterocycles. The Morgan fingerprint density at radius 2 is 1.96 bits per heavy atom. The lowest BCUT2D eigenvalue weighted by Gasteiger charge is -2.13. The molecule has 0 spiro atoms. The molecule has 1 heterocycles.